The van der Waals surface area contributed by atoms with Crippen molar-refractivity contribution >= 4 is 11.8 Å². The monoisotopic (exact) mass is 441 g/mol. The van der Waals surface area contributed by atoms with Gasteiger partial charge in [-0.3, -0.25) is 14.6 Å². The molecule has 33 heavy (non-hydrogen) atoms. The largest absolute Gasteiger partial charge is 0.356 e. The molecule has 0 bridgehead atoms. The summed E-state index contributed by atoms with van der Waals surface area (Å²) >= 11 is 0. The number of rotatable bonds is 7. The molecular weight excluding hydrogens is 410 g/mol. The van der Waals surface area contributed by atoms with E-state index in [1.165, 1.54) is 5.56 Å². The van der Waals surface area contributed by atoms with Gasteiger partial charge in [0, 0.05) is 32.0 Å². The standard InChI is InChI=1S/C28H31N3O2/c1-2-30-27(33)28(20-24-12-6-7-13-25(24)23-10-4-3-5-11-23)14-17-31(18-15-28)26(32)19-22-9-8-16-29-21-22/h3-13,16,21H,2,14-15,17-20H2,1H3,(H,30,33). The van der Waals surface area contributed by atoms with Gasteiger partial charge in [0.25, 0.3) is 0 Å². The van der Waals surface area contributed by atoms with Crippen LogP contribution in [0.15, 0.2) is 79.1 Å². The third-order valence-electron chi connectivity index (χ3n) is 6.60. The fraction of sp³-hybridized carbons (Fsp3) is 0.321. The highest BCUT2D eigenvalue weighted by molar-refractivity contribution is 5.84. The number of carbonyl (C=O) groups excluding carboxylic acids is 2. The highest BCUT2D eigenvalue weighted by Gasteiger charge is 2.42. The van der Waals surface area contributed by atoms with E-state index in [0.717, 1.165) is 16.7 Å². The molecule has 5 heteroatoms. The normalized spacial score (nSPS) is 15.1. The van der Waals surface area contributed by atoms with Crippen molar-refractivity contribution in [1.82, 2.24) is 15.2 Å². The van der Waals surface area contributed by atoms with Gasteiger partial charge in [0.05, 0.1) is 11.8 Å². The van der Waals surface area contributed by atoms with Crippen LogP contribution < -0.4 is 5.32 Å². The Morgan fingerprint density at radius 2 is 1.70 bits per heavy atom. The van der Waals surface area contributed by atoms with E-state index >= 15 is 0 Å². The van der Waals surface area contributed by atoms with Crippen LogP contribution in [0.2, 0.25) is 0 Å². The Morgan fingerprint density at radius 3 is 2.39 bits per heavy atom. The van der Waals surface area contributed by atoms with Gasteiger partial charge in [0.1, 0.15) is 0 Å². The second-order valence-corrected chi connectivity index (χ2v) is 8.76. The summed E-state index contributed by atoms with van der Waals surface area (Å²) in [5, 5.41) is 3.07. The molecule has 2 aromatic carbocycles. The zero-order valence-corrected chi connectivity index (χ0v) is 19.2. The molecule has 1 aliphatic rings. The van der Waals surface area contributed by atoms with E-state index in [4.69, 9.17) is 0 Å². The Morgan fingerprint density at radius 1 is 0.970 bits per heavy atom. The molecule has 1 aliphatic heterocycles. The fourth-order valence-corrected chi connectivity index (χ4v) is 4.74. The van der Waals surface area contributed by atoms with Crippen LogP contribution >= 0.6 is 0 Å². The van der Waals surface area contributed by atoms with Gasteiger partial charge in [0.2, 0.25) is 11.8 Å². The van der Waals surface area contributed by atoms with Crippen molar-refractivity contribution in [3.8, 4) is 11.1 Å². The summed E-state index contributed by atoms with van der Waals surface area (Å²) in [4.78, 5) is 32.2. The van der Waals surface area contributed by atoms with E-state index in [-0.39, 0.29) is 11.8 Å². The maximum atomic E-state index is 13.3. The minimum Gasteiger partial charge on any atom is -0.356 e. The third-order valence-corrected chi connectivity index (χ3v) is 6.60. The van der Waals surface area contributed by atoms with Gasteiger partial charge in [0.15, 0.2) is 0 Å². The van der Waals surface area contributed by atoms with E-state index in [1.807, 2.05) is 54.3 Å². The van der Waals surface area contributed by atoms with Gasteiger partial charge in [-0.2, -0.15) is 0 Å². The average molecular weight is 442 g/mol. The lowest BCUT2D eigenvalue weighted by Gasteiger charge is -2.41. The summed E-state index contributed by atoms with van der Waals surface area (Å²) in [6.45, 7) is 3.73. The third kappa shape index (κ3) is 5.30. The zero-order valence-electron chi connectivity index (χ0n) is 19.2. The molecule has 0 radical (unpaired) electrons. The van der Waals surface area contributed by atoms with Crippen molar-refractivity contribution in [1.29, 1.82) is 0 Å². The number of amides is 2. The molecule has 1 aromatic heterocycles. The number of likely N-dealkylation sites (tertiary alicyclic amines) is 1. The number of carbonyl (C=O) groups is 2. The number of nitrogens with one attached hydrogen (secondary N) is 1. The summed E-state index contributed by atoms with van der Waals surface area (Å²) in [6.07, 6.45) is 5.76. The second kappa shape index (κ2) is 10.4. The fourth-order valence-electron chi connectivity index (χ4n) is 4.74. The lowest BCUT2D eigenvalue weighted by molar-refractivity contribution is -0.140. The molecular formula is C28H31N3O2. The first-order chi connectivity index (χ1) is 16.1. The van der Waals surface area contributed by atoms with E-state index in [2.05, 4.69) is 34.6 Å². The Labute approximate surface area is 195 Å². The molecule has 1 fully saturated rings. The predicted molar refractivity (Wildman–Crippen MR) is 130 cm³/mol. The molecule has 170 valence electrons. The van der Waals surface area contributed by atoms with Crippen LogP contribution in [0.4, 0.5) is 0 Å². The average Bonchev–Trinajstić information content (AvgIpc) is 2.86. The van der Waals surface area contributed by atoms with Crippen molar-refractivity contribution in [2.45, 2.75) is 32.6 Å². The summed E-state index contributed by atoms with van der Waals surface area (Å²) in [5.41, 5.74) is 3.89. The molecule has 0 aliphatic carbocycles. The quantitative estimate of drug-likeness (QED) is 0.595. The van der Waals surface area contributed by atoms with Crippen molar-refractivity contribution < 1.29 is 9.59 Å². The van der Waals surface area contributed by atoms with Crippen LogP contribution in [-0.4, -0.2) is 41.3 Å². The smallest absolute Gasteiger partial charge is 0.227 e. The SMILES string of the molecule is CCNC(=O)C1(Cc2ccccc2-c2ccccc2)CCN(C(=O)Cc2cccnc2)CC1. The Balaban J connectivity index is 1.53. The molecule has 0 unspecified atom stereocenters. The van der Waals surface area contributed by atoms with Gasteiger partial charge in [-0.15, -0.1) is 0 Å². The molecule has 4 rings (SSSR count). The number of piperidine rings is 1. The topological polar surface area (TPSA) is 62.3 Å². The molecule has 0 atom stereocenters. The van der Waals surface area contributed by atoms with Crippen molar-refractivity contribution in [3.05, 3.63) is 90.3 Å². The van der Waals surface area contributed by atoms with Gasteiger partial charge >= 0.3 is 0 Å². The van der Waals surface area contributed by atoms with Crippen molar-refractivity contribution in [2.75, 3.05) is 19.6 Å². The molecule has 0 spiro atoms. The summed E-state index contributed by atoms with van der Waals surface area (Å²) in [6, 6.07) is 22.4. The maximum Gasteiger partial charge on any atom is 0.227 e. The molecule has 1 N–H and O–H groups in total. The molecule has 5 nitrogen and oxygen atoms in total. The first-order valence-corrected chi connectivity index (χ1v) is 11.7. The highest BCUT2D eigenvalue weighted by atomic mass is 16.2. The molecule has 0 saturated carbocycles. The highest BCUT2D eigenvalue weighted by Crippen LogP contribution is 2.38. The second-order valence-electron chi connectivity index (χ2n) is 8.76. The van der Waals surface area contributed by atoms with Gasteiger partial charge in [-0.05, 0) is 54.5 Å². The van der Waals surface area contributed by atoms with Crippen LogP contribution in [0.25, 0.3) is 11.1 Å². The first kappa shape index (κ1) is 22.7. The molecule has 3 aromatic rings. The van der Waals surface area contributed by atoms with E-state index in [9.17, 15) is 9.59 Å². The lowest BCUT2D eigenvalue weighted by Crippen LogP contribution is -2.51. The van der Waals surface area contributed by atoms with Gasteiger partial charge in [-0.1, -0.05) is 60.7 Å². The predicted octanol–water partition coefficient (Wildman–Crippen LogP) is 4.28. The molecule has 2 heterocycles. The number of aromatic nitrogens is 1. The Hall–Kier alpha value is -3.47. The first-order valence-electron chi connectivity index (χ1n) is 11.7. The van der Waals surface area contributed by atoms with E-state index in [0.29, 0.717) is 45.3 Å². The molecule has 1 saturated heterocycles. The van der Waals surface area contributed by atoms with Gasteiger partial charge in [-0.25, -0.2) is 0 Å². The van der Waals surface area contributed by atoms with Crippen LogP contribution in [0.3, 0.4) is 0 Å². The summed E-state index contributed by atoms with van der Waals surface area (Å²) < 4.78 is 0. The number of hydrogen-bond donors (Lipinski definition) is 1. The van der Waals surface area contributed by atoms with Crippen LogP contribution in [0.1, 0.15) is 30.9 Å². The van der Waals surface area contributed by atoms with Crippen LogP contribution in [0.5, 0.6) is 0 Å². The summed E-state index contributed by atoms with van der Waals surface area (Å²) in [7, 11) is 0. The van der Waals surface area contributed by atoms with E-state index in [1.54, 1.807) is 12.4 Å². The summed E-state index contributed by atoms with van der Waals surface area (Å²) in [5.74, 6) is 0.185. The minimum atomic E-state index is -0.522. The zero-order chi connectivity index (χ0) is 23.1. The number of benzene rings is 2. The van der Waals surface area contributed by atoms with Crippen LogP contribution in [-0.2, 0) is 22.4 Å². The van der Waals surface area contributed by atoms with Crippen LogP contribution in [0, 0.1) is 5.41 Å². The van der Waals surface area contributed by atoms with E-state index < -0.39 is 5.41 Å². The van der Waals surface area contributed by atoms with Gasteiger partial charge < -0.3 is 10.2 Å². The lowest BCUT2D eigenvalue weighted by atomic mass is 9.72. The maximum absolute atomic E-state index is 13.3. The Bertz CT molecular complexity index is 1070. The molecule has 2 amide bonds. The van der Waals surface area contributed by atoms with Crippen molar-refractivity contribution in [3.63, 3.8) is 0 Å². The number of pyridine rings is 1. The van der Waals surface area contributed by atoms with Crippen molar-refractivity contribution in [2.24, 2.45) is 5.41 Å². The minimum absolute atomic E-state index is 0.0900. The Kier molecular flexibility index (Phi) is 7.18. The number of nitrogens with zero attached hydrogens (tertiary/aromatic N) is 2. The number of hydrogen-bond acceptors (Lipinski definition) is 3.